The van der Waals surface area contributed by atoms with Gasteiger partial charge in [-0.3, -0.25) is 0 Å². The van der Waals surface area contributed by atoms with E-state index in [1.54, 1.807) is 0 Å². The van der Waals surface area contributed by atoms with E-state index >= 15 is 0 Å². The molecule has 2 unspecified atom stereocenters. The molecule has 3 heteroatoms. The lowest BCUT2D eigenvalue weighted by Gasteiger charge is -2.31. The lowest BCUT2D eigenvalue weighted by Crippen LogP contribution is -2.47. The van der Waals surface area contributed by atoms with Gasteiger partial charge in [0.05, 0.1) is 18.2 Å². The number of rotatable bonds is 6. The predicted octanol–water partition coefficient (Wildman–Crippen LogP) is 2.01. The van der Waals surface area contributed by atoms with Gasteiger partial charge < -0.3 is 15.5 Å². The summed E-state index contributed by atoms with van der Waals surface area (Å²) in [7, 11) is 0. The van der Waals surface area contributed by atoms with Crippen LogP contribution in [0.1, 0.15) is 23.1 Å². The summed E-state index contributed by atoms with van der Waals surface area (Å²) < 4.78 is 0. The summed E-state index contributed by atoms with van der Waals surface area (Å²) in [6.07, 6.45) is 2.01. The largest absolute Gasteiger partial charge is 0.394 e. The number of aryl methyl sites for hydroxylation is 1. The molecule has 0 aliphatic heterocycles. The third-order valence-corrected chi connectivity index (χ3v) is 4.61. The van der Waals surface area contributed by atoms with E-state index in [1.807, 2.05) is 42.5 Å². The van der Waals surface area contributed by atoms with E-state index in [1.165, 1.54) is 11.1 Å². The van der Waals surface area contributed by atoms with Crippen molar-refractivity contribution < 1.29 is 10.2 Å². The average Bonchev–Trinajstić information content (AvgIpc) is 2.93. The molecule has 2 aromatic carbocycles. The fraction of sp³-hybridized carbons (Fsp3) is 0.368. The monoisotopic (exact) mass is 297 g/mol. The summed E-state index contributed by atoms with van der Waals surface area (Å²) in [5, 5.41) is 23.6. The highest BCUT2D eigenvalue weighted by atomic mass is 16.3. The normalized spacial score (nSPS) is 21.5. The molecule has 0 heterocycles. The molecule has 2 aromatic rings. The minimum atomic E-state index is -0.460. The first-order valence-electron chi connectivity index (χ1n) is 7.90. The Morgan fingerprint density at radius 2 is 1.77 bits per heavy atom. The minimum absolute atomic E-state index is 0.0576. The third kappa shape index (κ3) is 3.07. The van der Waals surface area contributed by atoms with Crippen LogP contribution in [0, 0.1) is 0 Å². The van der Waals surface area contributed by atoms with E-state index in [2.05, 4.69) is 17.4 Å². The number of benzene rings is 2. The fourth-order valence-electron chi connectivity index (χ4n) is 3.36. The van der Waals surface area contributed by atoms with Gasteiger partial charge in [0.1, 0.15) is 0 Å². The van der Waals surface area contributed by atoms with Gasteiger partial charge in [0.15, 0.2) is 0 Å². The Balaban J connectivity index is 1.65. The molecule has 22 heavy (non-hydrogen) atoms. The quantitative estimate of drug-likeness (QED) is 0.764. The van der Waals surface area contributed by atoms with Gasteiger partial charge in [0, 0.05) is 6.54 Å². The van der Waals surface area contributed by atoms with Gasteiger partial charge in [0.25, 0.3) is 0 Å². The zero-order valence-corrected chi connectivity index (χ0v) is 12.7. The first-order chi connectivity index (χ1) is 10.7. The first kappa shape index (κ1) is 15.2. The summed E-state index contributed by atoms with van der Waals surface area (Å²) >= 11 is 0. The van der Waals surface area contributed by atoms with E-state index in [0.717, 1.165) is 18.4 Å². The third-order valence-electron chi connectivity index (χ3n) is 4.61. The van der Waals surface area contributed by atoms with Crippen molar-refractivity contribution in [3.63, 3.8) is 0 Å². The Hall–Kier alpha value is -1.68. The molecule has 3 nitrogen and oxygen atoms in total. The van der Waals surface area contributed by atoms with Crippen molar-refractivity contribution in [1.29, 1.82) is 0 Å². The lowest BCUT2D eigenvalue weighted by molar-refractivity contribution is 0.119. The summed E-state index contributed by atoms with van der Waals surface area (Å²) in [4.78, 5) is 0. The molecule has 0 spiro atoms. The first-order valence-corrected chi connectivity index (χ1v) is 7.90. The number of fused-ring (bicyclic) bond motifs is 1. The fourth-order valence-corrected chi connectivity index (χ4v) is 3.36. The molecule has 0 bridgehead atoms. The molecule has 0 radical (unpaired) electrons. The Labute approximate surface area is 131 Å². The summed E-state index contributed by atoms with van der Waals surface area (Å²) in [6.45, 7) is 0.534. The van der Waals surface area contributed by atoms with Crippen LogP contribution in [-0.4, -0.2) is 29.5 Å². The SMILES string of the molecule is OCC1(NCC(O)Cc2ccccc2)CCc2ccccc21. The highest BCUT2D eigenvalue weighted by Gasteiger charge is 2.37. The van der Waals surface area contributed by atoms with Gasteiger partial charge in [-0.2, -0.15) is 0 Å². The molecule has 0 aromatic heterocycles. The second kappa shape index (κ2) is 6.61. The van der Waals surface area contributed by atoms with Crippen LogP contribution in [0.4, 0.5) is 0 Å². The summed E-state index contributed by atoms with van der Waals surface area (Å²) in [5.74, 6) is 0. The van der Waals surface area contributed by atoms with Gasteiger partial charge in [-0.1, -0.05) is 54.6 Å². The zero-order chi connectivity index (χ0) is 15.4. The predicted molar refractivity (Wildman–Crippen MR) is 87.7 cm³/mol. The Morgan fingerprint density at radius 3 is 2.55 bits per heavy atom. The summed E-state index contributed by atoms with van der Waals surface area (Å²) in [6, 6.07) is 18.2. The van der Waals surface area contributed by atoms with Crippen LogP contribution in [0.15, 0.2) is 54.6 Å². The van der Waals surface area contributed by atoms with Crippen LogP contribution in [-0.2, 0) is 18.4 Å². The molecule has 1 aliphatic carbocycles. The van der Waals surface area contributed by atoms with Crippen molar-refractivity contribution in [1.82, 2.24) is 5.32 Å². The van der Waals surface area contributed by atoms with Crippen molar-refractivity contribution in [2.75, 3.05) is 13.2 Å². The van der Waals surface area contributed by atoms with E-state index in [-0.39, 0.29) is 6.61 Å². The van der Waals surface area contributed by atoms with Gasteiger partial charge in [-0.15, -0.1) is 0 Å². The van der Waals surface area contributed by atoms with E-state index in [9.17, 15) is 10.2 Å². The van der Waals surface area contributed by atoms with Gasteiger partial charge in [-0.05, 0) is 36.0 Å². The number of nitrogens with one attached hydrogen (secondary N) is 1. The number of hydrogen-bond donors (Lipinski definition) is 3. The van der Waals surface area contributed by atoms with Crippen molar-refractivity contribution in [3.05, 3.63) is 71.3 Å². The Bertz CT molecular complexity index is 614. The molecule has 1 aliphatic rings. The Morgan fingerprint density at radius 1 is 1.05 bits per heavy atom. The maximum absolute atomic E-state index is 10.3. The molecule has 0 saturated heterocycles. The molecule has 2 atom stereocenters. The molecule has 3 rings (SSSR count). The van der Waals surface area contributed by atoms with E-state index < -0.39 is 11.6 Å². The van der Waals surface area contributed by atoms with Crippen molar-refractivity contribution >= 4 is 0 Å². The van der Waals surface area contributed by atoms with Crippen LogP contribution in [0.25, 0.3) is 0 Å². The molecule has 0 saturated carbocycles. The molecule has 0 fully saturated rings. The van der Waals surface area contributed by atoms with Crippen LogP contribution in [0.5, 0.6) is 0 Å². The van der Waals surface area contributed by atoms with Crippen LogP contribution >= 0.6 is 0 Å². The van der Waals surface area contributed by atoms with Gasteiger partial charge in [-0.25, -0.2) is 0 Å². The van der Waals surface area contributed by atoms with Crippen molar-refractivity contribution in [3.8, 4) is 0 Å². The molecule has 0 amide bonds. The van der Waals surface area contributed by atoms with E-state index in [0.29, 0.717) is 13.0 Å². The zero-order valence-electron chi connectivity index (χ0n) is 12.7. The highest BCUT2D eigenvalue weighted by molar-refractivity contribution is 5.38. The van der Waals surface area contributed by atoms with Crippen molar-refractivity contribution in [2.45, 2.75) is 30.9 Å². The number of aliphatic hydroxyl groups excluding tert-OH is 2. The van der Waals surface area contributed by atoms with Gasteiger partial charge >= 0.3 is 0 Å². The van der Waals surface area contributed by atoms with Crippen LogP contribution in [0.2, 0.25) is 0 Å². The lowest BCUT2D eigenvalue weighted by atomic mass is 9.92. The highest BCUT2D eigenvalue weighted by Crippen LogP contribution is 2.36. The average molecular weight is 297 g/mol. The van der Waals surface area contributed by atoms with Crippen LogP contribution in [0.3, 0.4) is 0 Å². The second-order valence-corrected chi connectivity index (χ2v) is 6.12. The summed E-state index contributed by atoms with van der Waals surface area (Å²) in [5.41, 5.74) is 3.18. The Kier molecular flexibility index (Phi) is 4.57. The standard InChI is InChI=1S/C19H23NO2/c21-14-19(11-10-16-8-4-5-9-18(16)19)20-13-17(22)12-15-6-2-1-3-7-15/h1-9,17,20-22H,10-14H2. The molecule has 3 N–H and O–H groups in total. The minimum Gasteiger partial charge on any atom is -0.394 e. The van der Waals surface area contributed by atoms with Crippen molar-refractivity contribution in [2.24, 2.45) is 0 Å². The van der Waals surface area contributed by atoms with Gasteiger partial charge in [0.2, 0.25) is 0 Å². The smallest absolute Gasteiger partial charge is 0.0705 e. The topological polar surface area (TPSA) is 52.5 Å². The maximum atomic E-state index is 10.3. The second-order valence-electron chi connectivity index (χ2n) is 6.12. The number of aliphatic hydroxyl groups is 2. The van der Waals surface area contributed by atoms with E-state index in [4.69, 9.17) is 0 Å². The number of hydrogen-bond acceptors (Lipinski definition) is 3. The molecule has 116 valence electrons. The molecular formula is C19H23NO2. The molecular weight excluding hydrogens is 274 g/mol. The maximum Gasteiger partial charge on any atom is 0.0705 e. The van der Waals surface area contributed by atoms with Crippen LogP contribution < -0.4 is 5.32 Å².